The molecule has 2 amide bonds. The number of amides is 2. The van der Waals surface area contributed by atoms with Gasteiger partial charge in [0, 0.05) is 23.1 Å². The van der Waals surface area contributed by atoms with Gasteiger partial charge in [-0.05, 0) is 49.7 Å². The highest BCUT2D eigenvalue weighted by Crippen LogP contribution is 2.31. The minimum Gasteiger partial charge on any atom is -0.326 e. The van der Waals surface area contributed by atoms with Gasteiger partial charge >= 0.3 is 0 Å². The van der Waals surface area contributed by atoms with Crippen molar-refractivity contribution in [3.8, 4) is 0 Å². The number of halogens is 1. The van der Waals surface area contributed by atoms with Gasteiger partial charge in [0.1, 0.15) is 5.25 Å². The largest absolute Gasteiger partial charge is 0.326 e. The molecule has 0 bridgehead atoms. The maximum absolute atomic E-state index is 12.7. The van der Waals surface area contributed by atoms with Crippen molar-refractivity contribution in [2.75, 3.05) is 11.9 Å². The Morgan fingerprint density at radius 3 is 2.50 bits per heavy atom. The maximum atomic E-state index is 12.7. The van der Waals surface area contributed by atoms with Crippen LogP contribution >= 0.6 is 27.7 Å². The summed E-state index contributed by atoms with van der Waals surface area (Å²) in [5.74, 6) is -0.643. The van der Waals surface area contributed by atoms with Crippen molar-refractivity contribution in [3.05, 3.63) is 58.6 Å². The van der Waals surface area contributed by atoms with Gasteiger partial charge in [0.25, 0.3) is 10.0 Å². The number of anilines is 1. The number of carbonyl (C=O) groups is 2. The molecule has 2 aromatic rings. The second-order valence-corrected chi connectivity index (χ2v) is 10.2. The molecule has 0 spiro atoms. The number of aryl methyl sites for hydroxylation is 1. The SMILES string of the molecule is CCN1C(=O)C(CC(=O)Nc2ccccc2C)SC1=NS(=O)(=O)c1ccc(Br)cc1. The van der Waals surface area contributed by atoms with Crippen molar-refractivity contribution in [2.45, 2.75) is 30.4 Å². The molecule has 1 saturated heterocycles. The molecule has 2 aromatic carbocycles. The molecule has 1 fully saturated rings. The summed E-state index contributed by atoms with van der Waals surface area (Å²) in [6.45, 7) is 3.87. The summed E-state index contributed by atoms with van der Waals surface area (Å²) in [5.41, 5.74) is 1.59. The van der Waals surface area contributed by atoms with Crippen molar-refractivity contribution in [2.24, 2.45) is 4.40 Å². The van der Waals surface area contributed by atoms with E-state index in [-0.39, 0.29) is 34.8 Å². The molecule has 0 radical (unpaired) electrons. The summed E-state index contributed by atoms with van der Waals surface area (Å²) in [4.78, 5) is 26.5. The van der Waals surface area contributed by atoms with Crippen LogP contribution in [0.1, 0.15) is 18.9 Å². The molecule has 0 aromatic heterocycles. The van der Waals surface area contributed by atoms with Crippen LogP contribution in [-0.4, -0.2) is 42.1 Å². The molecule has 30 heavy (non-hydrogen) atoms. The van der Waals surface area contributed by atoms with E-state index < -0.39 is 15.3 Å². The van der Waals surface area contributed by atoms with Crippen LogP contribution in [0.3, 0.4) is 0 Å². The lowest BCUT2D eigenvalue weighted by Gasteiger charge is -2.13. The van der Waals surface area contributed by atoms with E-state index in [0.717, 1.165) is 21.8 Å². The van der Waals surface area contributed by atoms with Crippen molar-refractivity contribution >= 4 is 60.4 Å². The predicted octanol–water partition coefficient (Wildman–Crippen LogP) is 3.79. The predicted molar refractivity (Wildman–Crippen MR) is 122 cm³/mol. The first-order chi connectivity index (χ1) is 14.2. The number of sulfonamides is 1. The number of hydrogen-bond donors (Lipinski definition) is 1. The summed E-state index contributed by atoms with van der Waals surface area (Å²) in [6, 6.07) is 13.4. The Kier molecular flexibility index (Phi) is 6.99. The third-order valence-electron chi connectivity index (χ3n) is 4.44. The first-order valence-corrected chi connectivity index (χ1v) is 12.3. The van der Waals surface area contributed by atoms with Crippen LogP contribution in [0.4, 0.5) is 5.69 Å². The number of nitrogens with zero attached hydrogens (tertiary/aromatic N) is 2. The molecule has 1 aliphatic heterocycles. The number of para-hydroxylation sites is 1. The average molecular weight is 510 g/mol. The van der Waals surface area contributed by atoms with E-state index in [1.807, 2.05) is 25.1 Å². The van der Waals surface area contributed by atoms with E-state index in [1.165, 1.54) is 17.0 Å². The maximum Gasteiger partial charge on any atom is 0.284 e. The molecular formula is C20H20BrN3O4S2. The molecule has 7 nitrogen and oxygen atoms in total. The third kappa shape index (κ3) is 5.11. The van der Waals surface area contributed by atoms with Crippen molar-refractivity contribution in [1.82, 2.24) is 4.90 Å². The van der Waals surface area contributed by atoms with Gasteiger partial charge in [0.15, 0.2) is 5.17 Å². The van der Waals surface area contributed by atoms with Gasteiger partial charge in [0.2, 0.25) is 11.8 Å². The minimum absolute atomic E-state index is 0.0306. The number of rotatable bonds is 6. The lowest BCUT2D eigenvalue weighted by Crippen LogP contribution is -2.33. The molecule has 10 heteroatoms. The standard InChI is InChI=1S/C20H20BrN3O4S2/c1-3-24-19(26)17(12-18(25)22-16-7-5-4-6-13(16)2)29-20(24)23-30(27,28)15-10-8-14(21)9-11-15/h4-11,17H,3,12H2,1-2H3,(H,22,25). The Morgan fingerprint density at radius 1 is 1.20 bits per heavy atom. The highest BCUT2D eigenvalue weighted by molar-refractivity contribution is 9.10. The van der Waals surface area contributed by atoms with Gasteiger partial charge in [-0.2, -0.15) is 8.42 Å². The van der Waals surface area contributed by atoms with E-state index in [0.29, 0.717) is 5.69 Å². The molecule has 158 valence electrons. The Hall–Kier alpha value is -2.17. The first kappa shape index (κ1) is 22.5. The molecule has 0 aliphatic carbocycles. The fourth-order valence-corrected chi connectivity index (χ4v) is 5.53. The number of hydrogen-bond acceptors (Lipinski definition) is 5. The number of amidine groups is 1. The van der Waals surface area contributed by atoms with E-state index in [1.54, 1.807) is 25.1 Å². The summed E-state index contributed by atoms with van der Waals surface area (Å²) in [7, 11) is -3.98. The fourth-order valence-electron chi connectivity index (χ4n) is 2.85. The zero-order valence-corrected chi connectivity index (χ0v) is 19.6. The van der Waals surface area contributed by atoms with Gasteiger partial charge in [0.05, 0.1) is 4.90 Å². The Balaban J connectivity index is 1.77. The van der Waals surface area contributed by atoms with E-state index in [9.17, 15) is 18.0 Å². The van der Waals surface area contributed by atoms with E-state index in [2.05, 4.69) is 25.6 Å². The number of thioether (sulfide) groups is 1. The Labute approximate surface area is 188 Å². The molecule has 0 saturated carbocycles. The first-order valence-electron chi connectivity index (χ1n) is 9.15. The molecule has 1 atom stereocenters. The quantitative estimate of drug-likeness (QED) is 0.638. The topological polar surface area (TPSA) is 95.9 Å². The smallest absolute Gasteiger partial charge is 0.284 e. The second kappa shape index (κ2) is 9.32. The summed E-state index contributed by atoms with van der Waals surface area (Å²) >= 11 is 4.26. The fraction of sp³-hybridized carbons (Fsp3) is 0.250. The zero-order chi connectivity index (χ0) is 21.9. The lowest BCUT2D eigenvalue weighted by atomic mass is 10.2. The van der Waals surface area contributed by atoms with Crippen LogP contribution in [0, 0.1) is 6.92 Å². The number of benzene rings is 2. The van der Waals surface area contributed by atoms with Gasteiger partial charge < -0.3 is 5.32 Å². The van der Waals surface area contributed by atoms with Gasteiger partial charge in [-0.3, -0.25) is 14.5 Å². The summed E-state index contributed by atoms with van der Waals surface area (Å²) < 4.78 is 29.9. The zero-order valence-electron chi connectivity index (χ0n) is 16.3. The van der Waals surface area contributed by atoms with Crippen molar-refractivity contribution in [3.63, 3.8) is 0 Å². The highest BCUT2D eigenvalue weighted by atomic mass is 79.9. The Bertz CT molecular complexity index is 1100. The molecule has 1 unspecified atom stereocenters. The number of nitrogens with one attached hydrogen (secondary N) is 1. The minimum atomic E-state index is -3.98. The van der Waals surface area contributed by atoms with Crippen LogP contribution < -0.4 is 5.32 Å². The third-order valence-corrected chi connectivity index (χ3v) is 7.54. The van der Waals surface area contributed by atoms with Crippen LogP contribution in [0.15, 0.2) is 62.3 Å². The molecule has 1 aliphatic rings. The van der Waals surface area contributed by atoms with Crippen LogP contribution in [0.25, 0.3) is 0 Å². The second-order valence-electron chi connectivity index (χ2n) is 6.56. The van der Waals surface area contributed by atoms with Crippen molar-refractivity contribution in [1.29, 1.82) is 0 Å². The van der Waals surface area contributed by atoms with Gasteiger partial charge in [-0.25, -0.2) is 0 Å². The summed E-state index contributed by atoms with van der Waals surface area (Å²) in [5, 5.41) is 2.15. The number of carbonyl (C=O) groups excluding carboxylic acids is 2. The lowest BCUT2D eigenvalue weighted by molar-refractivity contribution is -0.128. The Morgan fingerprint density at radius 2 is 1.87 bits per heavy atom. The molecule has 3 rings (SSSR count). The molecule has 1 heterocycles. The molecule has 1 N–H and O–H groups in total. The van der Waals surface area contributed by atoms with Crippen LogP contribution in [0.5, 0.6) is 0 Å². The summed E-state index contributed by atoms with van der Waals surface area (Å²) in [6.07, 6.45) is -0.0777. The monoisotopic (exact) mass is 509 g/mol. The average Bonchev–Trinajstić information content (AvgIpc) is 2.97. The van der Waals surface area contributed by atoms with Crippen LogP contribution in [-0.2, 0) is 19.6 Å². The highest BCUT2D eigenvalue weighted by Gasteiger charge is 2.39. The van der Waals surface area contributed by atoms with E-state index in [4.69, 9.17) is 0 Å². The van der Waals surface area contributed by atoms with E-state index >= 15 is 0 Å². The van der Waals surface area contributed by atoms with Crippen molar-refractivity contribution < 1.29 is 18.0 Å². The van der Waals surface area contributed by atoms with Gasteiger partial charge in [-0.15, -0.1) is 4.40 Å². The van der Waals surface area contributed by atoms with Gasteiger partial charge in [-0.1, -0.05) is 45.9 Å². The normalized spacial score (nSPS) is 18.1. The van der Waals surface area contributed by atoms with Crippen LogP contribution in [0.2, 0.25) is 0 Å². The molecular weight excluding hydrogens is 490 g/mol.